The van der Waals surface area contributed by atoms with Crippen LogP contribution in [0, 0.1) is 5.41 Å². The molecule has 30 heteroatoms. The number of anilines is 1. The van der Waals surface area contributed by atoms with E-state index in [9.17, 15) is 62.7 Å². The topological polar surface area (TPSA) is 407 Å². The second kappa shape index (κ2) is 19.8. The van der Waals surface area contributed by atoms with Crippen LogP contribution in [0.3, 0.4) is 0 Å². The Morgan fingerprint density at radius 3 is 2.36 bits per heavy atom. The molecule has 2 aromatic rings. The van der Waals surface area contributed by atoms with E-state index in [1.54, 1.807) is 0 Å². The maximum absolute atomic E-state index is 12.7. The highest BCUT2D eigenvalue weighted by atomic mass is 32.2. The molecule has 0 radical (unpaired) electrons. The van der Waals surface area contributed by atoms with Gasteiger partial charge in [0, 0.05) is 37.1 Å². The molecule has 2 aromatic heterocycles. The number of nitrogens with one attached hydrogen (secondary N) is 2. The number of fused-ring (bicyclic) bond motifs is 1. The van der Waals surface area contributed by atoms with Crippen molar-refractivity contribution >= 4 is 74.9 Å². The minimum absolute atomic E-state index is 0.0218. The van der Waals surface area contributed by atoms with E-state index < -0.39 is 90.6 Å². The van der Waals surface area contributed by atoms with Crippen molar-refractivity contribution in [3.05, 3.63) is 12.7 Å². The fourth-order valence-electron chi connectivity index (χ4n) is 4.68. The predicted octanol–water partition coefficient (Wildman–Crippen LogP) is -2.03. The normalized spacial score (nSPS) is 22.2. The second-order valence-electron chi connectivity index (χ2n) is 12.7. The molecule has 1 saturated heterocycles. The van der Waals surface area contributed by atoms with Crippen molar-refractivity contribution in [1.29, 1.82) is 0 Å². The van der Waals surface area contributed by atoms with Gasteiger partial charge < -0.3 is 56.6 Å². The molecule has 0 bridgehead atoms. The molecule has 26 nitrogen and oxygen atoms in total. The molecule has 0 spiro atoms. The number of nitrogens with two attached hydrogens (primary N) is 2. The first-order chi connectivity index (χ1) is 25.8. The third-order valence-corrected chi connectivity index (χ3v) is 11.7. The van der Waals surface area contributed by atoms with Gasteiger partial charge in [0.2, 0.25) is 11.8 Å². The number of aliphatic hydroxyl groups is 2. The van der Waals surface area contributed by atoms with Gasteiger partial charge in [0.05, 0.1) is 25.6 Å². The number of nitrogens with zero attached hydrogens (tertiary/aromatic N) is 4. The number of ether oxygens (including phenoxy) is 1. The number of Topliss-reactive ketones (excluding diaryl/α,β-unsaturated/α-hetero) is 1. The molecule has 0 aromatic carbocycles. The van der Waals surface area contributed by atoms with E-state index in [0.717, 1.165) is 29.0 Å². The molecule has 1 aliphatic rings. The van der Waals surface area contributed by atoms with E-state index in [-0.39, 0.29) is 59.6 Å². The minimum atomic E-state index is -5.58. The number of aliphatic hydroxyl groups excluding tert-OH is 2. The van der Waals surface area contributed by atoms with Crippen molar-refractivity contribution in [2.45, 2.75) is 70.3 Å². The van der Waals surface area contributed by atoms with Gasteiger partial charge in [-0.1, -0.05) is 25.6 Å². The van der Waals surface area contributed by atoms with Crippen molar-refractivity contribution in [3.8, 4) is 0 Å². The van der Waals surface area contributed by atoms with Gasteiger partial charge in [0.25, 0.3) is 0 Å². The molecule has 1 aliphatic heterocycles. The van der Waals surface area contributed by atoms with E-state index in [1.165, 1.54) is 20.8 Å². The lowest BCUT2D eigenvalue weighted by Crippen LogP contribution is -2.46. The minimum Gasteiger partial charge on any atom is -0.386 e. The Morgan fingerprint density at radius 1 is 1.05 bits per heavy atom. The quantitative estimate of drug-likeness (QED) is 0.0450. The summed E-state index contributed by atoms with van der Waals surface area (Å²) in [5.41, 5.74) is 9.74. The van der Waals surface area contributed by atoms with Gasteiger partial charge in [-0.25, -0.2) is 28.6 Å². The fraction of sp³-hybridized carbons (Fsp3) is 0.654. The SMILES string of the molecule is CC(=O)C(N)CC(=O)SCCNC(=O)CCNC(=O)[C@H](O)C(C)(C)COP(=O)(O)OP(=O)(O)OC[C@H]1O[C@@H](n2cnc3c(N)ncnc32)[C@H](O)[C@@H]1OP(=O)(O)O. The Morgan fingerprint density at radius 2 is 1.71 bits per heavy atom. The molecule has 0 aliphatic carbocycles. The van der Waals surface area contributed by atoms with Crippen LogP contribution < -0.4 is 22.1 Å². The van der Waals surface area contributed by atoms with Crippen LogP contribution in [0.25, 0.3) is 11.2 Å². The van der Waals surface area contributed by atoms with Crippen LogP contribution in [-0.4, -0.2) is 135 Å². The molecular formula is C26H43N8O18P3S. The molecule has 3 heterocycles. The summed E-state index contributed by atoms with van der Waals surface area (Å²) in [6.07, 6.45) is -7.20. The van der Waals surface area contributed by atoms with Crippen molar-refractivity contribution < 1.29 is 85.3 Å². The van der Waals surface area contributed by atoms with Crippen LogP contribution in [0.2, 0.25) is 0 Å². The summed E-state index contributed by atoms with van der Waals surface area (Å²) in [6.45, 7) is 1.53. The van der Waals surface area contributed by atoms with Crippen molar-refractivity contribution in [2.24, 2.45) is 11.1 Å². The number of carbonyl (C=O) groups is 4. The number of amides is 2. The standard InChI is InChI=1S/C26H43N8O18P3S/c1-13(35)14(27)8-17(37)56-7-6-29-16(36)4-5-30-24(40)21(39)26(2,3)10-49-55(46,47)52-54(44,45)48-9-15-20(51-53(41,42)43)19(38)25(50-15)34-12-33-18-22(28)31-11-32-23(18)34/h11-12,14-15,19-21,25,38-39H,4-10,27H2,1-3H3,(H,29,36)(H,30,40)(H,44,45)(H,46,47)(H2,28,31,32)(H2,41,42,43)/t14?,15-,19-,20-,21+,25-/m1/s1. The monoisotopic (exact) mass is 880 g/mol. The first-order valence-corrected chi connectivity index (χ1v) is 21.6. The number of imidazole rings is 1. The number of ketones is 1. The molecule has 2 amide bonds. The van der Waals surface area contributed by atoms with E-state index in [1.807, 2.05) is 0 Å². The van der Waals surface area contributed by atoms with Gasteiger partial charge in [-0.15, -0.1) is 0 Å². The van der Waals surface area contributed by atoms with Crippen molar-refractivity contribution in [1.82, 2.24) is 30.2 Å². The fourth-order valence-corrected chi connectivity index (χ4v) is 8.24. The molecular weight excluding hydrogens is 837 g/mol. The number of nitrogen functional groups attached to an aromatic ring is 1. The largest absolute Gasteiger partial charge is 0.481 e. The Bertz CT molecular complexity index is 1880. The first-order valence-electron chi connectivity index (χ1n) is 16.1. The molecule has 1 fully saturated rings. The Labute approximate surface area is 321 Å². The summed E-state index contributed by atoms with van der Waals surface area (Å²) >= 11 is 0.884. The van der Waals surface area contributed by atoms with Gasteiger partial charge in [0.1, 0.15) is 42.0 Å². The Balaban J connectivity index is 1.48. The van der Waals surface area contributed by atoms with Gasteiger partial charge in [-0.3, -0.25) is 37.3 Å². The zero-order valence-electron chi connectivity index (χ0n) is 29.8. The molecule has 0 saturated carbocycles. The lowest BCUT2D eigenvalue weighted by molar-refractivity contribution is -0.137. The zero-order chi connectivity index (χ0) is 42.2. The molecule has 3 unspecified atom stereocenters. The highest BCUT2D eigenvalue weighted by molar-refractivity contribution is 8.13. The van der Waals surface area contributed by atoms with Gasteiger partial charge in [-0.2, -0.15) is 4.31 Å². The maximum Gasteiger partial charge on any atom is 0.481 e. The summed E-state index contributed by atoms with van der Waals surface area (Å²) < 4.78 is 62.0. The number of thioether (sulfide) groups is 1. The smallest absolute Gasteiger partial charge is 0.386 e. The van der Waals surface area contributed by atoms with Crippen LogP contribution in [0.1, 0.15) is 39.8 Å². The summed E-state index contributed by atoms with van der Waals surface area (Å²) in [5.74, 6) is -1.69. The number of hydrogen-bond acceptors (Lipinski definition) is 20. The number of rotatable bonds is 22. The van der Waals surface area contributed by atoms with E-state index in [0.29, 0.717) is 0 Å². The highest BCUT2D eigenvalue weighted by Crippen LogP contribution is 2.61. The van der Waals surface area contributed by atoms with E-state index in [4.69, 9.17) is 25.3 Å². The second-order valence-corrected chi connectivity index (χ2v) is 18.1. The molecule has 8 atom stereocenters. The lowest BCUT2D eigenvalue weighted by Gasteiger charge is -2.30. The van der Waals surface area contributed by atoms with Crippen LogP contribution in [0.4, 0.5) is 5.82 Å². The maximum atomic E-state index is 12.7. The van der Waals surface area contributed by atoms with Crippen LogP contribution in [0.15, 0.2) is 12.7 Å². The van der Waals surface area contributed by atoms with Crippen molar-refractivity contribution in [3.63, 3.8) is 0 Å². The molecule has 3 rings (SSSR count). The first kappa shape index (κ1) is 47.6. The summed E-state index contributed by atoms with van der Waals surface area (Å²) in [5, 5.41) is 25.9. The lowest BCUT2D eigenvalue weighted by atomic mass is 9.87. The van der Waals surface area contributed by atoms with E-state index in [2.05, 4.69) is 34.4 Å². The number of hydrogen-bond donors (Lipinski definition) is 10. The number of aromatic nitrogens is 4. The number of carbonyl (C=O) groups excluding carboxylic acids is 4. The van der Waals surface area contributed by atoms with E-state index >= 15 is 0 Å². The summed E-state index contributed by atoms with van der Waals surface area (Å²) in [7, 11) is -16.4. The van der Waals surface area contributed by atoms with Gasteiger partial charge in [0.15, 0.2) is 22.8 Å². The highest BCUT2D eigenvalue weighted by Gasteiger charge is 2.50. The zero-order valence-corrected chi connectivity index (χ0v) is 33.3. The molecule has 316 valence electrons. The van der Waals surface area contributed by atoms with Gasteiger partial charge >= 0.3 is 23.5 Å². The number of phosphoric ester groups is 3. The average molecular weight is 881 g/mol. The summed E-state index contributed by atoms with van der Waals surface area (Å²) in [4.78, 5) is 98.4. The van der Waals surface area contributed by atoms with Crippen LogP contribution >= 0.6 is 35.2 Å². The van der Waals surface area contributed by atoms with Gasteiger partial charge in [-0.05, 0) is 6.92 Å². The average Bonchev–Trinajstić information content (AvgIpc) is 3.64. The number of phosphoric acid groups is 3. The Kier molecular flexibility index (Phi) is 16.8. The van der Waals surface area contributed by atoms with Crippen LogP contribution in [-0.2, 0) is 55.5 Å². The third kappa shape index (κ3) is 14.2. The molecule has 12 N–H and O–H groups in total. The summed E-state index contributed by atoms with van der Waals surface area (Å²) in [6, 6.07) is -0.900. The Hall–Kier alpha value is -2.81. The predicted molar refractivity (Wildman–Crippen MR) is 190 cm³/mol. The molecule has 56 heavy (non-hydrogen) atoms. The van der Waals surface area contributed by atoms with Crippen molar-refractivity contribution in [2.75, 3.05) is 37.8 Å². The third-order valence-electron chi connectivity index (χ3n) is 7.67. The van der Waals surface area contributed by atoms with Crippen LogP contribution in [0.5, 0.6) is 0 Å².